The summed E-state index contributed by atoms with van der Waals surface area (Å²) in [6.07, 6.45) is 37.1. The molecule has 0 bridgehead atoms. The van der Waals surface area contributed by atoms with Crippen LogP contribution in [0.2, 0.25) is 0 Å². The molecule has 1 fully saturated rings. The van der Waals surface area contributed by atoms with Gasteiger partial charge in [0.1, 0.15) is 42.7 Å². The zero-order chi connectivity index (χ0) is 45.5. The van der Waals surface area contributed by atoms with Crippen LogP contribution >= 0.6 is 7.82 Å². The van der Waals surface area contributed by atoms with Gasteiger partial charge in [0.25, 0.3) is 0 Å². The van der Waals surface area contributed by atoms with Crippen molar-refractivity contribution in [3.63, 3.8) is 0 Å². The standard InChI is InChI=1S/C49H87O12P/c1-3-5-7-9-11-13-15-17-18-19-20-21-22-23-24-25-26-27-28-30-32-34-36-38-43(50)60-42(40-58-39-37-35-33-31-29-16-14-12-10-8-6-4-2)41-59-62(56,57)61-49-47(54)45(52)44(51)46(53)48(49)55/h5,7,11,13,17-18,20-21,23-24,42,44-49,51-55H,3-4,6,8-10,12,14-16,19,22,25-41H2,1-2H3,(H,56,57)/b7-5-,13-11-,18-17-,21-20-,24-23-. The van der Waals surface area contributed by atoms with Gasteiger partial charge in [-0.1, -0.05) is 177 Å². The SMILES string of the molecule is CC/C=C\C/C=C\C/C=C\C/C=C\C/C=C\CCCCCCCCCC(=O)OC(COCCCCCCCCCCCCCC)COP(=O)(O)OC1C(O)C(O)C(O)C(O)C1O. The minimum atomic E-state index is -5.02. The van der Waals surface area contributed by atoms with E-state index in [4.69, 9.17) is 18.5 Å². The summed E-state index contributed by atoms with van der Waals surface area (Å²) in [4.78, 5) is 23.2. The molecular weight excluding hydrogens is 812 g/mol. The number of unbranched alkanes of at least 4 members (excludes halogenated alkanes) is 18. The average Bonchev–Trinajstić information content (AvgIpc) is 3.26. The summed E-state index contributed by atoms with van der Waals surface area (Å²) < 4.78 is 34.2. The first-order valence-electron chi connectivity index (χ1n) is 24.1. The Morgan fingerprint density at radius 3 is 1.45 bits per heavy atom. The summed E-state index contributed by atoms with van der Waals surface area (Å²) in [7, 11) is -5.02. The van der Waals surface area contributed by atoms with Crippen molar-refractivity contribution in [2.24, 2.45) is 0 Å². The number of phosphoric acid groups is 1. The number of rotatable bonds is 40. The highest BCUT2D eigenvalue weighted by Crippen LogP contribution is 2.47. The van der Waals surface area contributed by atoms with E-state index in [0.717, 1.165) is 96.3 Å². The molecule has 1 rings (SSSR count). The number of hydrogen-bond donors (Lipinski definition) is 6. The number of aliphatic hydroxyl groups is 5. The third kappa shape index (κ3) is 31.0. The quantitative estimate of drug-likeness (QED) is 0.0148. The van der Waals surface area contributed by atoms with Gasteiger partial charge in [0.05, 0.1) is 13.2 Å². The molecule has 62 heavy (non-hydrogen) atoms. The Morgan fingerprint density at radius 2 is 0.952 bits per heavy atom. The van der Waals surface area contributed by atoms with Gasteiger partial charge in [-0.05, 0) is 57.8 Å². The molecule has 0 heterocycles. The molecule has 6 unspecified atom stereocenters. The molecule has 1 saturated carbocycles. The topological polar surface area (TPSA) is 192 Å². The third-order valence-electron chi connectivity index (χ3n) is 10.9. The van der Waals surface area contributed by atoms with Gasteiger partial charge in [-0.2, -0.15) is 0 Å². The van der Waals surface area contributed by atoms with E-state index in [1.165, 1.54) is 57.8 Å². The lowest BCUT2D eigenvalue weighted by atomic mass is 9.85. The van der Waals surface area contributed by atoms with Crippen molar-refractivity contribution in [2.45, 2.75) is 224 Å². The first-order valence-corrected chi connectivity index (χ1v) is 25.6. The van der Waals surface area contributed by atoms with Crippen molar-refractivity contribution in [3.8, 4) is 0 Å². The van der Waals surface area contributed by atoms with E-state index in [-0.39, 0.29) is 13.0 Å². The second-order valence-electron chi connectivity index (χ2n) is 16.6. The monoisotopic (exact) mass is 899 g/mol. The van der Waals surface area contributed by atoms with Crippen LogP contribution in [0.5, 0.6) is 0 Å². The highest BCUT2D eigenvalue weighted by molar-refractivity contribution is 7.47. The van der Waals surface area contributed by atoms with Crippen LogP contribution in [0.15, 0.2) is 60.8 Å². The lowest BCUT2D eigenvalue weighted by Crippen LogP contribution is -2.64. The summed E-state index contributed by atoms with van der Waals surface area (Å²) >= 11 is 0. The fourth-order valence-corrected chi connectivity index (χ4v) is 8.06. The highest BCUT2D eigenvalue weighted by atomic mass is 31.2. The Bertz CT molecular complexity index is 1250. The minimum Gasteiger partial charge on any atom is -0.457 e. The summed E-state index contributed by atoms with van der Waals surface area (Å²) in [5.74, 6) is -0.489. The van der Waals surface area contributed by atoms with Crippen LogP contribution in [0.4, 0.5) is 0 Å². The number of phosphoric ester groups is 1. The molecule has 1 aliphatic carbocycles. The highest BCUT2D eigenvalue weighted by Gasteiger charge is 2.51. The van der Waals surface area contributed by atoms with Crippen molar-refractivity contribution in [1.29, 1.82) is 0 Å². The van der Waals surface area contributed by atoms with Crippen LogP contribution in [0.25, 0.3) is 0 Å². The number of aliphatic hydroxyl groups excluding tert-OH is 5. The van der Waals surface area contributed by atoms with Gasteiger partial charge < -0.3 is 39.9 Å². The van der Waals surface area contributed by atoms with E-state index in [1.807, 2.05) is 0 Å². The van der Waals surface area contributed by atoms with Gasteiger partial charge >= 0.3 is 13.8 Å². The zero-order valence-corrected chi connectivity index (χ0v) is 39.3. The molecule has 0 spiro atoms. The molecule has 12 nitrogen and oxygen atoms in total. The van der Waals surface area contributed by atoms with Crippen molar-refractivity contribution >= 4 is 13.8 Å². The second kappa shape index (κ2) is 39.4. The molecule has 0 saturated heterocycles. The van der Waals surface area contributed by atoms with E-state index in [9.17, 15) is 39.8 Å². The fraction of sp³-hybridized carbons (Fsp3) is 0.776. The lowest BCUT2D eigenvalue weighted by Gasteiger charge is -2.41. The number of hydrogen-bond acceptors (Lipinski definition) is 11. The smallest absolute Gasteiger partial charge is 0.457 e. The Kier molecular flexibility index (Phi) is 36.9. The first-order chi connectivity index (χ1) is 30.0. The third-order valence-corrected chi connectivity index (χ3v) is 11.9. The van der Waals surface area contributed by atoms with Gasteiger partial charge in [0.2, 0.25) is 0 Å². The maximum atomic E-state index is 12.8. The molecule has 1 aliphatic rings. The summed E-state index contributed by atoms with van der Waals surface area (Å²) in [5.41, 5.74) is 0. The van der Waals surface area contributed by atoms with E-state index < -0.39 is 63.1 Å². The van der Waals surface area contributed by atoms with Crippen molar-refractivity contribution < 1.29 is 58.3 Å². The van der Waals surface area contributed by atoms with Crippen LogP contribution in [0.3, 0.4) is 0 Å². The van der Waals surface area contributed by atoms with Gasteiger partial charge in [0.15, 0.2) is 0 Å². The maximum Gasteiger partial charge on any atom is 0.472 e. The van der Waals surface area contributed by atoms with Gasteiger partial charge in [0, 0.05) is 13.0 Å². The molecular formula is C49H87O12P. The van der Waals surface area contributed by atoms with Crippen LogP contribution in [0, 0.1) is 0 Å². The molecule has 0 aromatic carbocycles. The molecule has 0 aromatic rings. The number of esters is 1. The van der Waals surface area contributed by atoms with Crippen molar-refractivity contribution in [1.82, 2.24) is 0 Å². The van der Waals surface area contributed by atoms with E-state index in [1.54, 1.807) is 0 Å². The number of carbonyl (C=O) groups excluding carboxylic acids is 1. The molecule has 0 amide bonds. The number of ether oxygens (including phenoxy) is 2. The summed E-state index contributed by atoms with van der Waals surface area (Å²) in [6.45, 7) is 4.13. The van der Waals surface area contributed by atoms with Crippen molar-refractivity contribution in [3.05, 3.63) is 60.8 Å². The van der Waals surface area contributed by atoms with Gasteiger partial charge in [-0.15, -0.1) is 0 Å². The Morgan fingerprint density at radius 1 is 0.532 bits per heavy atom. The average molecular weight is 899 g/mol. The Labute approximate surface area is 375 Å². The lowest BCUT2D eigenvalue weighted by molar-refractivity contribution is -0.220. The predicted octanol–water partition coefficient (Wildman–Crippen LogP) is 10.2. The largest absolute Gasteiger partial charge is 0.472 e. The van der Waals surface area contributed by atoms with E-state index in [0.29, 0.717) is 13.0 Å². The molecule has 0 radical (unpaired) electrons. The predicted molar refractivity (Wildman–Crippen MR) is 248 cm³/mol. The normalized spacial score (nSPS) is 22.5. The molecule has 6 N–H and O–H groups in total. The van der Waals surface area contributed by atoms with Crippen molar-refractivity contribution in [2.75, 3.05) is 19.8 Å². The van der Waals surface area contributed by atoms with Gasteiger partial charge in [-0.25, -0.2) is 4.57 Å². The number of carbonyl (C=O) groups is 1. The summed E-state index contributed by atoms with van der Waals surface area (Å²) in [5, 5.41) is 50.2. The van der Waals surface area contributed by atoms with Crippen LogP contribution in [-0.4, -0.2) is 98.9 Å². The molecule has 6 atom stereocenters. The number of allylic oxidation sites excluding steroid dienone is 10. The maximum absolute atomic E-state index is 12.8. The molecule has 0 aromatic heterocycles. The summed E-state index contributed by atoms with van der Waals surface area (Å²) in [6, 6.07) is 0. The first kappa shape index (κ1) is 58.1. The Balaban J connectivity index is 2.35. The van der Waals surface area contributed by atoms with E-state index in [2.05, 4.69) is 74.6 Å². The van der Waals surface area contributed by atoms with Crippen LogP contribution in [-0.2, 0) is 27.9 Å². The minimum absolute atomic E-state index is 0.0817. The Hall–Kier alpha value is -1.96. The molecule has 13 heteroatoms. The molecule has 0 aliphatic heterocycles. The van der Waals surface area contributed by atoms with Crippen LogP contribution < -0.4 is 0 Å². The molecule has 360 valence electrons. The van der Waals surface area contributed by atoms with E-state index >= 15 is 0 Å². The van der Waals surface area contributed by atoms with Gasteiger partial charge in [-0.3, -0.25) is 13.8 Å². The van der Waals surface area contributed by atoms with Crippen LogP contribution in [0.1, 0.15) is 181 Å². The zero-order valence-electron chi connectivity index (χ0n) is 38.4. The fourth-order valence-electron chi connectivity index (χ4n) is 7.09. The second-order valence-corrected chi connectivity index (χ2v) is 18.0.